The largest absolute Gasteiger partial charge is 0.328 e. The lowest BCUT2D eigenvalue weighted by atomic mass is 10.00. The van der Waals surface area contributed by atoms with Crippen LogP contribution in [0.4, 0.5) is 4.39 Å². The van der Waals surface area contributed by atoms with Crippen molar-refractivity contribution in [3.63, 3.8) is 0 Å². The van der Waals surface area contributed by atoms with Crippen molar-refractivity contribution in [3.8, 4) is 0 Å². The molecule has 2 atom stereocenters. The minimum atomic E-state index is -0.151. The molecule has 0 saturated carbocycles. The molecule has 1 aromatic carbocycles. The van der Waals surface area contributed by atoms with Crippen LogP contribution in [0, 0.1) is 5.82 Å². The number of hydrogen-bond donors (Lipinski definition) is 2. The van der Waals surface area contributed by atoms with Gasteiger partial charge in [0.2, 0.25) is 0 Å². The summed E-state index contributed by atoms with van der Waals surface area (Å²) in [6.07, 6.45) is 1.74. The monoisotopic (exact) mass is 210 g/mol. The Morgan fingerprint density at radius 1 is 1.33 bits per heavy atom. The molecule has 15 heavy (non-hydrogen) atoms. The van der Waals surface area contributed by atoms with Crippen LogP contribution in [0.15, 0.2) is 24.3 Å². The predicted molar refractivity (Wildman–Crippen MR) is 61.1 cm³/mol. The molecule has 3 N–H and O–H groups in total. The molecule has 0 aromatic heterocycles. The molecular formula is C12H19FN2. The van der Waals surface area contributed by atoms with Crippen LogP contribution in [0.3, 0.4) is 0 Å². The number of hydrogen-bond acceptors (Lipinski definition) is 2. The zero-order chi connectivity index (χ0) is 11.3. The Kier molecular flexibility index (Phi) is 4.72. The van der Waals surface area contributed by atoms with Crippen LogP contribution in [0.1, 0.15) is 31.4 Å². The number of halogens is 1. The van der Waals surface area contributed by atoms with E-state index in [0.29, 0.717) is 0 Å². The first kappa shape index (κ1) is 12.1. The average molecular weight is 210 g/mol. The maximum atomic E-state index is 13.5. The Balaban J connectivity index is 2.70. The molecule has 2 nitrogen and oxygen atoms in total. The van der Waals surface area contributed by atoms with Gasteiger partial charge in [0.25, 0.3) is 0 Å². The molecule has 0 aliphatic carbocycles. The van der Waals surface area contributed by atoms with E-state index < -0.39 is 0 Å². The van der Waals surface area contributed by atoms with Gasteiger partial charge in [-0.25, -0.2) is 4.39 Å². The van der Waals surface area contributed by atoms with Gasteiger partial charge in [0.05, 0.1) is 0 Å². The van der Waals surface area contributed by atoms with Crippen LogP contribution in [0.25, 0.3) is 0 Å². The summed E-state index contributed by atoms with van der Waals surface area (Å²) >= 11 is 0. The lowest BCUT2D eigenvalue weighted by Crippen LogP contribution is -2.22. The Bertz CT molecular complexity index is 299. The summed E-state index contributed by atoms with van der Waals surface area (Å²) in [6.45, 7) is 1.97. The molecule has 0 radical (unpaired) electrons. The smallest absolute Gasteiger partial charge is 0.127 e. The highest BCUT2D eigenvalue weighted by molar-refractivity contribution is 5.21. The van der Waals surface area contributed by atoms with E-state index in [1.807, 2.05) is 26.1 Å². The highest BCUT2D eigenvalue weighted by atomic mass is 19.1. The summed E-state index contributed by atoms with van der Waals surface area (Å²) in [5, 5.41) is 3.12. The molecule has 0 saturated heterocycles. The third kappa shape index (κ3) is 3.61. The summed E-state index contributed by atoms with van der Waals surface area (Å²) in [6, 6.07) is 7.08. The van der Waals surface area contributed by atoms with E-state index in [9.17, 15) is 4.39 Å². The van der Waals surface area contributed by atoms with Crippen molar-refractivity contribution in [3.05, 3.63) is 35.6 Å². The first-order chi connectivity index (χ1) is 7.15. The van der Waals surface area contributed by atoms with Crippen molar-refractivity contribution in [2.75, 3.05) is 7.05 Å². The summed E-state index contributed by atoms with van der Waals surface area (Å²) in [5.74, 6) is -0.151. The van der Waals surface area contributed by atoms with Crippen molar-refractivity contribution >= 4 is 0 Å². The maximum absolute atomic E-state index is 13.5. The minimum Gasteiger partial charge on any atom is -0.328 e. The Morgan fingerprint density at radius 2 is 2.00 bits per heavy atom. The molecular weight excluding hydrogens is 191 g/mol. The lowest BCUT2D eigenvalue weighted by molar-refractivity contribution is 0.474. The van der Waals surface area contributed by atoms with Crippen molar-refractivity contribution in [2.24, 2.45) is 5.73 Å². The first-order valence-electron chi connectivity index (χ1n) is 5.32. The molecule has 0 amide bonds. The molecule has 0 fully saturated rings. The average Bonchev–Trinajstić information content (AvgIpc) is 2.21. The van der Waals surface area contributed by atoms with Crippen molar-refractivity contribution in [1.82, 2.24) is 5.32 Å². The second-order valence-corrected chi connectivity index (χ2v) is 3.92. The first-order valence-corrected chi connectivity index (χ1v) is 5.32. The van der Waals surface area contributed by atoms with Crippen molar-refractivity contribution in [2.45, 2.75) is 31.8 Å². The van der Waals surface area contributed by atoms with Crippen LogP contribution in [-0.2, 0) is 0 Å². The molecule has 0 aliphatic rings. The van der Waals surface area contributed by atoms with Gasteiger partial charge >= 0.3 is 0 Å². The van der Waals surface area contributed by atoms with Gasteiger partial charge < -0.3 is 11.1 Å². The second-order valence-electron chi connectivity index (χ2n) is 3.92. The van der Waals surface area contributed by atoms with E-state index in [1.54, 1.807) is 6.07 Å². The zero-order valence-corrected chi connectivity index (χ0v) is 9.33. The normalized spacial score (nSPS) is 14.9. The Hall–Kier alpha value is -0.930. The Labute approximate surface area is 90.7 Å². The van der Waals surface area contributed by atoms with Gasteiger partial charge in [0.15, 0.2) is 0 Å². The summed E-state index contributed by atoms with van der Waals surface area (Å²) < 4.78 is 13.5. The fourth-order valence-electron chi connectivity index (χ4n) is 1.64. The van der Waals surface area contributed by atoms with Gasteiger partial charge in [0, 0.05) is 17.6 Å². The van der Waals surface area contributed by atoms with E-state index in [-0.39, 0.29) is 17.9 Å². The highest BCUT2D eigenvalue weighted by Gasteiger charge is 2.13. The standard InChI is InChI=1S/C12H19FN2/c1-9(14)7-8-12(15-2)10-5-3-4-6-11(10)13/h3-6,9,12,15H,7-8,14H2,1-2H3. The van der Waals surface area contributed by atoms with Crippen LogP contribution >= 0.6 is 0 Å². The second kappa shape index (κ2) is 5.83. The molecule has 3 heteroatoms. The SMILES string of the molecule is CNC(CCC(C)N)c1ccccc1F. The van der Waals surface area contributed by atoms with E-state index in [4.69, 9.17) is 5.73 Å². The third-order valence-electron chi connectivity index (χ3n) is 2.54. The minimum absolute atomic E-state index is 0.0530. The van der Waals surface area contributed by atoms with Gasteiger partial charge in [-0.05, 0) is 32.9 Å². The molecule has 84 valence electrons. The number of benzene rings is 1. The molecule has 2 unspecified atom stereocenters. The van der Waals surface area contributed by atoms with Crippen LogP contribution in [-0.4, -0.2) is 13.1 Å². The van der Waals surface area contributed by atoms with Gasteiger partial charge in [-0.15, -0.1) is 0 Å². The highest BCUT2D eigenvalue weighted by Crippen LogP contribution is 2.21. The van der Waals surface area contributed by atoms with E-state index >= 15 is 0 Å². The lowest BCUT2D eigenvalue weighted by Gasteiger charge is -2.18. The zero-order valence-electron chi connectivity index (χ0n) is 9.33. The molecule has 1 aromatic rings. The van der Waals surface area contributed by atoms with Crippen molar-refractivity contribution in [1.29, 1.82) is 0 Å². The molecule has 0 bridgehead atoms. The van der Waals surface area contributed by atoms with E-state index in [2.05, 4.69) is 5.32 Å². The summed E-state index contributed by atoms with van der Waals surface area (Å²) in [7, 11) is 1.85. The van der Waals surface area contributed by atoms with Gasteiger partial charge in [-0.1, -0.05) is 18.2 Å². The van der Waals surface area contributed by atoms with Gasteiger partial charge in [0.1, 0.15) is 5.82 Å². The van der Waals surface area contributed by atoms with Crippen molar-refractivity contribution < 1.29 is 4.39 Å². The fourth-order valence-corrected chi connectivity index (χ4v) is 1.64. The topological polar surface area (TPSA) is 38.0 Å². The number of nitrogens with one attached hydrogen (secondary N) is 1. The molecule has 0 heterocycles. The maximum Gasteiger partial charge on any atom is 0.127 e. The molecule has 0 spiro atoms. The molecule has 1 rings (SSSR count). The number of rotatable bonds is 5. The van der Waals surface area contributed by atoms with E-state index in [1.165, 1.54) is 6.07 Å². The third-order valence-corrected chi connectivity index (χ3v) is 2.54. The van der Waals surface area contributed by atoms with E-state index in [0.717, 1.165) is 18.4 Å². The quantitative estimate of drug-likeness (QED) is 0.782. The number of nitrogens with two attached hydrogens (primary N) is 1. The van der Waals surface area contributed by atoms with Gasteiger partial charge in [-0.2, -0.15) is 0 Å². The predicted octanol–water partition coefficient (Wildman–Crippen LogP) is 2.21. The summed E-state index contributed by atoms with van der Waals surface area (Å²) in [5.41, 5.74) is 6.41. The fraction of sp³-hybridized carbons (Fsp3) is 0.500. The Morgan fingerprint density at radius 3 is 2.53 bits per heavy atom. The van der Waals surface area contributed by atoms with Gasteiger partial charge in [-0.3, -0.25) is 0 Å². The summed E-state index contributed by atoms with van der Waals surface area (Å²) in [4.78, 5) is 0. The van der Waals surface area contributed by atoms with Crippen LogP contribution in [0.5, 0.6) is 0 Å². The van der Waals surface area contributed by atoms with Crippen LogP contribution in [0.2, 0.25) is 0 Å². The van der Waals surface area contributed by atoms with Crippen LogP contribution < -0.4 is 11.1 Å². The molecule has 0 aliphatic heterocycles.